The van der Waals surface area contributed by atoms with E-state index in [1.165, 1.54) is 50.5 Å². The Hall–Kier alpha value is -1.82. The first-order valence-corrected chi connectivity index (χ1v) is 12.1. The van der Waals surface area contributed by atoms with E-state index in [9.17, 15) is 4.79 Å². The third-order valence-electron chi connectivity index (χ3n) is 6.84. The lowest BCUT2D eigenvalue weighted by Crippen LogP contribution is -2.45. The lowest BCUT2D eigenvalue weighted by molar-refractivity contribution is -0.131. The minimum Gasteiger partial charge on any atom is -0.342 e. The van der Waals surface area contributed by atoms with E-state index in [4.69, 9.17) is 0 Å². The minimum absolute atomic E-state index is 0.265. The normalized spacial score (nSPS) is 24.3. The molecule has 1 saturated heterocycles. The van der Waals surface area contributed by atoms with Crippen molar-refractivity contribution in [2.45, 2.75) is 62.6 Å². The number of amides is 1. The maximum absolute atomic E-state index is 12.9. The van der Waals surface area contributed by atoms with Gasteiger partial charge in [-0.25, -0.2) is 0 Å². The molecule has 5 rings (SSSR count). The van der Waals surface area contributed by atoms with Crippen LogP contribution in [0, 0.1) is 11.8 Å². The van der Waals surface area contributed by atoms with Gasteiger partial charge in [0.15, 0.2) is 5.16 Å². The summed E-state index contributed by atoms with van der Waals surface area (Å²) in [5.41, 5.74) is 1.25. The number of nitrogens with zero attached hydrogens (tertiary/aromatic N) is 4. The van der Waals surface area contributed by atoms with E-state index in [2.05, 4.69) is 43.9 Å². The molecule has 1 aromatic carbocycles. The Labute approximate surface area is 177 Å². The van der Waals surface area contributed by atoms with Gasteiger partial charge in [-0.05, 0) is 43.1 Å². The summed E-state index contributed by atoms with van der Waals surface area (Å²) in [6, 6.07) is 10.5. The van der Waals surface area contributed by atoms with Crippen molar-refractivity contribution >= 4 is 17.7 Å². The molecule has 29 heavy (non-hydrogen) atoms. The van der Waals surface area contributed by atoms with E-state index >= 15 is 0 Å². The van der Waals surface area contributed by atoms with Gasteiger partial charge in [-0.15, -0.1) is 10.2 Å². The molecule has 6 heteroatoms. The number of fused-ring (bicyclic) bond motifs is 1. The highest BCUT2D eigenvalue weighted by Crippen LogP contribution is 2.40. The number of rotatable bonds is 6. The van der Waals surface area contributed by atoms with Crippen LogP contribution in [0.4, 0.5) is 0 Å². The Morgan fingerprint density at radius 3 is 2.59 bits per heavy atom. The molecule has 2 heterocycles. The van der Waals surface area contributed by atoms with Gasteiger partial charge in [0, 0.05) is 19.0 Å². The van der Waals surface area contributed by atoms with Gasteiger partial charge in [-0.1, -0.05) is 61.4 Å². The van der Waals surface area contributed by atoms with E-state index in [-0.39, 0.29) is 5.91 Å². The Kier molecular flexibility index (Phi) is 5.62. The van der Waals surface area contributed by atoms with Gasteiger partial charge in [0.25, 0.3) is 0 Å². The second-order valence-corrected chi connectivity index (χ2v) is 9.85. The highest BCUT2D eigenvalue weighted by atomic mass is 32.2. The van der Waals surface area contributed by atoms with Crippen molar-refractivity contribution in [2.75, 3.05) is 18.8 Å². The lowest BCUT2D eigenvalue weighted by atomic mass is 9.75. The van der Waals surface area contributed by atoms with Gasteiger partial charge in [-0.2, -0.15) is 0 Å². The Morgan fingerprint density at radius 1 is 1.00 bits per heavy atom. The molecule has 1 aromatic heterocycles. The molecule has 3 fully saturated rings. The van der Waals surface area contributed by atoms with Crippen LogP contribution in [0.15, 0.2) is 35.5 Å². The van der Waals surface area contributed by atoms with E-state index in [1.54, 1.807) is 11.8 Å². The van der Waals surface area contributed by atoms with Crippen LogP contribution >= 0.6 is 11.8 Å². The monoisotopic (exact) mass is 410 g/mol. The molecule has 2 aliphatic carbocycles. The Bertz CT molecular complexity index is 848. The molecule has 0 spiro atoms. The summed E-state index contributed by atoms with van der Waals surface area (Å²) in [6.07, 6.45) is 8.98. The summed E-state index contributed by atoms with van der Waals surface area (Å²) in [5, 5.41) is 9.83. The van der Waals surface area contributed by atoms with E-state index in [0.29, 0.717) is 11.7 Å². The molecule has 2 aromatic rings. The van der Waals surface area contributed by atoms with Gasteiger partial charge in [0.05, 0.1) is 12.3 Å². The van der Waals surface area contributed by atoms with Crippen molar-refractivity contribution in [3.63, 3.8) is 0 Å². The van der Waals surface area contributed by atoms with Crippen LogP contribution in [0.3, 0.4) is 0 Å². The van der Waals surface area contributed by atoms with Gasteiger partial charge in [0.1, 0.15) is 5.82 Å². The summed E-state index contributed by atoms with van der Waals surface area (Å²) >= 11 is 1.56. The molecular weight excluding hydrogens is 380 g/mol. The molecule has 0 unspecified atom stereocenters. The molecule has 5 nitrogen and oxygen atoms in total. The maximum Gasteiger partial charge on any atom is 0.233 e. The van der Waals surface area contributed by atoms with Crippen LogP contribution in [0.2, 0.25) is 0 Å². The first kappa shape index (κ1) is 19.2. The minimum atomic E-state index is 0.265. The molecule has 1 amide bonds. The SMILES string of the molecule is O=C(CSc1nnc(C2CC2)n1Cc1ccccc1)N1CC[C@@H]2CCCC[C@@H]2C1. The smallest absolute Gasteiger partial charge is 0.233 e. The molecule has 154 valence electrons. The van der Waals surface area contributed by atoms with Crippen LogP contribution in [0.25, 0.3) is 0 Å². The molecule has 0 bridgehead atoms. The van der Waals surface area contributed by atoms with Crippen LogP contribution in [0.1, 0.15) is 62.3 Å². The van der Waals surface area contributed by atoms with Crippen LogP contribution in [-0.4, -0.2) is 44.4 Å². The third-order valence-corrected chi connectivity index (χ3v) is 7.79. The molecule has 3 aliphatic rings. The van der Waals surface area contributed by atoms with Gasteiger partial charge < -0.3 is 9.47 Å². The van der Waals surface area contributed by atoms with Crippen molar-refractivity contribution in [2.24, 2.45) is 11.8 Å². The molecule has 0 N–H and O–H groups in total. The predicted molar refractivity (Wildman–Crippen MR) is 115 cm³/mol. The van der Waals surface area contributed by atoms with Crippen molar-refractivity contribution < 1.29 is 4.79 Å². The second-order valence-electron chi connectivity index (χ2n) is 8.91. The fourth-order valence-electron chi connectivity index (χ4n) is 5.01. The number of thioether (sulfide) groups is 1. The molecule has 0 radical (unpaired) electrons. The standard InChI is InChI=1S/C23H30N4OS/c28-21(26-13-12-18-8-4-5-9-20(18)15-26)16-29-23-25-24-22(19-10-11-19)27(23)14-17-6-2-1-3-7-17/h1-3,6-7,18-20H,4-5,8-16H2/t18-,20+/m0/s1. The zero-order valence-electron chi connectivity index (χ0n) is 17.0. The lowest BCUT2D eigenvalue weighted by Gasteiger charge is -2.41. The van der Waals surface area contributed by atoms with Gasteiger partial charge in [0.2, 0.25) is 5.91 Å². The van der Waals surface area contributed by atoms with Crippen molar-refractivity contribution in [1.29, 1.82) is 0 Å². The topological polar surface area (TPSA) is 51.0 Å². The Morgan fingerprint density at radius 2 is 1.79 bits per heavy atom. The zero-order chi connectivity index (χ0) is 19.6. The summed E-state index contributed by atoms with van der Waals surface area (Å²) in [6.45, 7) is 2.68. The Balaban J connectivity index is 1.24. The van der Waals surface area contributed by atoms with Crippen molar-refractivity contribution in [3.05, 3.63) is 41.7 Å². The first-order valence-electron chi connectivity index (χ1n) is 11.2. The highest BCUT2D eigenvalue weighted by molar-refractivity contribution is 7.99. The largest absolute Gasteiger partial charge is 0.342 e. The average Bonchev–Trinajstić information content (AvgIpc) is 3.54. The zero-order valence-corrected chi connectivity index (χ0v) is 17.8. The fraction of sp³-hybridized carbons (Fsp3) is 0.609. The number of piperidine rings is 1. The molecule has 2 saturated carbocycles. The number of hydrogen-bond acceptors (Lipinski definition) is 4. The van der Waals surface area contributed by atoms with Crippen molar-refractivity contribution in [3.8, 4) is 0 Å². The van der Waals surface area contributed by atoms with Gasteiger partial charge >= 0.3 is 0 Å². The van der Waals surface area contributed by atoms with Crippen LogP contribution in [0.5, 0.6) is 0 Å². The summed E-state index contributed by atoms with van der Waals surface area (Å²) < 4.78 is 2.23. The highest BCUT2D eigenvalue weighted by Gasteiger charge is 2.33. The van der Waals surface area contributed by atoms with Crippen LogP contribution in [-0.2, 0) is 11.3 Å². The maximum atomic E-state index is 12.9. The fourth-order valence-corrected chi connectivity index (χ4v) is 5.86. The average molecular weight is 411 g/mol. The summed E-state index contributed by atoms with van der Waals surface area (Å²) in [4.78, 5) is 15.0. The molecular formula is C23H30N4OS. The molecule has 1 aliphatic heterocycles. The quantitative estimate of drug-likeness (QED) is 0.665. The second kappa shape index (κ2) is 8.50. The van der Waals surface area contributed by atoms with E-state index in [1.807, 2.05) is 6.07 Å². The predicted octanol–water partition coefficient (Wildman–Crippen LogP) is 4.33. The molecule has 2 atom stereocenters. The van der Waals surface area contributed by atoms with E-state index < -0.39 is 0 Å². The van der Waals surface area contributed by atoms with Gasteiger partial charge in [-0.3, -0.25) is 4.79 Å². The number of carbonyl (C=O) groups is 1. The number of aromatic nitrogens is 3. The number of benzene rings is 1. The first-order chi connectivity index (χ1) is 14.3. The number of likely N-dealkylation sites (tertiary alicyclic amines) is 1. The number of carbonyl (C=O) groups excluding carboxylic acids is 1. The summed E-state index contributed by atoms with van der Waals surface area (Å²) in [7, 11) is 0. The number of hydrogen-bond donors (Lipinski definition) is 0. The van der Waals surface area contributed by atoms with Crippen LogP contribution < -0.4 is 0 Å². The van der Waals surface area contributed by atoms with Crippen molar-refractivity contribution in [1.82, 2.24) is 19.7 Å². The summed E-state index contributed by atoms with van der Waals surface area (Å²) in [5.74, 6) is 3.95. The van der Waals surface area contributed by atoms with E-state index in [0.717, 1.165) is 42.5 Å². The third kappa shape index (κ3) is 4.37.